The molecule has 3 N–H and O–H groups in total. The summed E-state index contributed by atoms with van der Waals surface area (Å²) in [6.07, 6.45) is 1.85. The van der Waals surface area contributed by atoms with Crippen LogP contribution >= 0.6 is 0 Å². The lowest BCUT2D eigenvalue weighted by Gasteiger charge is -2.21. The normalized spacial score (nSPS) is 12.9. The number of hydrogen-bond donors (Lipinski definition) is 3. The van der Waals surface area contributed by atoms with E-state index >= 15 is 0 Å². The van der Waals surface area contributed by atoms with Crippen molar-refractivity contribution >= 4 is 22.5 Å². The molecule has 2 rings (SSSR count). The van der Waals surface area contributed by atoms with E-state index in [1.54, 1.807) is 19.0 Å². The zero-order chi connectivity index (χ0) is 13.1. The highest BCUT2D eigenvalue weighted by molar-refractivity contribution is 5.96. The number of amides is 1. The number of nitrogens with zero attached hydrogens (tertiary/aromatic N) is 1. The van der Waals surface area contributed by atoms with Gasteiger partial charge in [-0.2, -0.15) is 0 Å². The van der Waals surface area contributed by atoms with Crippen LogP contribution in [0.1, 0.15) is 0 Å². The Bertz CT molecular complexity index is 548. The van der Waals surface area contributed by atoms with Crippen LogP contribution in [0.3, 0.4) is 0 Å². The minimum absolute atomic E-state index is 0.203. The quantitative estimate of drug-likeness (QED) is 0.756. The molecule has 0 fully saturated rings. The van der Waals surface area contributed by atoms with Crippen LogP contribution < -0.4 is 5.32 Å². The number of carbonyl (C=O) groups is 1. The number of fused-ring (bicyclic) bond motifs is 1. The Labute approximate surface area is 105 Å². The van der Waals surface area contributed by atoms with E-state index in [0.717, 1.165) is 16.6 Å². The number of benzene rings is 1. The second-order valence-electron chi connectivity index (χ2n) is 4.43. The number of H-pyrrole nitrogens is 1. The third-order valence-electron chi connectivity index (χ3n) is 2.92. The van der Waals surface area contributed by atoms with Crippen molar-refractivity contribution in [3.63, 3.8) is 0 Å². The van der Waals surface area contributed by atoms with E-state index in [0.29, 0.717) is 0 Å². The smallest absolute Gasteiger partial charge is 0.244 e. The Hall–Kier alpha value is -1.85. The van der Waals surface area contributed by atoms with E-state index in [4.69, 9.17) is 0 Å². The van der Waals surface area contributed by atoms with Gasteiger partial charge in [-0.3, -0.25) is 9.69 Å². The first-order valence-corrected chi connectivity index (χ1v) is 5.77. The van der Waals surface area contributed by atoms with Crippen molar-refractivity contribution in [2.45, 2.75) is 6.04 Å². The SMILES string of the molecule is CN(C)[C@H](CO)C(=O)Nc1ccc2[nH]ccc2c1. The largest absolute Gasteiger partial charge is 0.394 e. The number of likely N-dealkylation sites (N-methyl/N-ethyl adjacent to an activating group) is 1. The van der Waals surface area contributed by atoms with E-state index in [2.05, 4.69) is 10.3 Å². The van der Waals surface area contributed by atoms with Crippen LogP contribution in [0.2, 0.25) is 0 Å². The van der Waals surface area contributed by atoms with Crippen molar-refractivity contribution in [2.24, 2.45) is 0 Å². The molecule has 1 aromatic heterocycles. The standard InChI is InChI=1S/C13H17N3O2/c1-16(2)12(8-17)13(18)15-10-3-4-11-9(7-10)5-6-14-11/h3-7,12,14,17H,8H2,1-2H3,(H,15,18)/t12-/m1/s1. The molecular formula is C13H17N3O2. The van der Waals surface area contributed by atoms with Crippen molar-refractivity contribution in [2.75, 3.05) is 26.0 Å². The van der Waals surface area contributed by atoms with Crippen molar-refractivity contribution in [3.8, 4) is 0 Å². The van der Waals surface area contributed by atoms with Crippen LogP contribution in [0.25, 0.3) is 10.9 Å². The van der Waals surface area contributed by atoms with Gasteiger partial charge in [0.25, 0.3) is 0 Å². The van der Waals surface area contributed by atoms with Crippen LogP contribution in [0.5, 0.6) is 0 Å². The molecule has 0 radical (unpaired) electrons. The molecule has 1 amide bonds. The minimum Gasteiger partial charge on any atom is -0.394 e. The predicted octanol–water partition coefficient (Wildman–Crippen LogP) is 1.03. The van der Waals surface area contributed by atoms with Crippen LogP contribution in [-0.4, -0.2) is 47.6 Å². The van der Waals surface area contributed by atoms with Gasteiger partial charge in [0.15, 0.2) is 0 Å². The molecular weight excluding hydrogens is 230 g/mol. The number of aliphatic hydroxyl groups excluding tert-OH is 1. The highest BCUT2D eigenvalue weighted by Gasteiger charge is 2.19. The molecule has 96 valence electrons. The molecule has 0 aliphatic carbocycles. The maximum atomic E-state index is 11.9. The Morgan fingerprint density at radius 3 is 2.89 bits per heavy atom. The highest BCUT2D eigenvalue weighted by atomic mass is 16.3. The molecule has 0 unspecified atom stereocenters. The molecule has 5 nitrogen and oxygen atoms in total. The number of anilines is 1. The number of aromatic amines is 1. The Morgan fingerprint density at radius 1 is 1.44 bits per heavy atom. The average molecular weight is 247 g/mol. The molecule has 2 aromatic rings. The number of aliphatic hydroxyl groups is 1. The monoisotopic (exact) mass is 247 g/mol. The van der Waals surface area contributed by atoms with Crippen molar-refractivity contribution in [1.29, 1.82) is 0 Å². The second-order valence-corrected chi connectivity index (χ2v) is 4.43. The summed E-state index contributed by atoms with van der Waals surface area (Å²) in [5.74, 6) is -0.211. The van der Waals surface area contributed by atoms with Crippen LogP contribution in [0, 0.1) is 0 Å². The third-order valence-corrected chi connectivity index (χ3v) is 2.92. The van der Waals surface area contributed by atoms with Gasteiger partial charge >= 0.3 is 0 Å². The van der Waals surface area contributed by atoms with Gasteiger partial charge in [0.05, 0.1) is 6.61 Å². The van der Waals surface area contributed by atoms with E-state index < -0.39 is 6.04 Å². The summed E-state index contributed by atoms with van der Waals surface area (Å²) in [7, 11) is 3.52. The van der Waals surface area contributed by atoms with Gasteiger partial charge < -0.3 is 15.4 Å². The van der Waals surface area contributed by atoms with Crippen LogP contribution in [0.15, 0.2) is 30.5 Å². The zero-order valence-electron chi connectivity index (χ0n) is 10.5. The topological polar surface area (TPSA) is 68.4 Å². The molecule has 0 saturated carbocycles. The lowest BCUT2D eigenvalue weighted by atomic mass is 10.2. The van der Waals surface area contributed by atoms with Crippen LogP contribution in [-0.2, 0) is 4.79 Å². The lowest BCUT2D eigenvalue weighted by Crippen LogP contribution is -2.42. The van der Waals surface area contributed by atoms with Crippen molar-refractivity contribution in [1.82, 2.24) is 9.88 Å². The maximum Gasteiger partial charge on any atom is 0.244 e. The average Bonchev–Trinajstić information content (AvgIpc) is 2.76. The molecule has 0 aliphatic rings. The molecule has 0 aliphatic heterocycles. The fraction of sp³-hybridized carbons (Fsp3) is 0.308. The van der Waals surface area contributed by atoms with E-state index in [-0.39, 0.29) is 12.5 Å². The lowest BCUT2D eigenvalue weighted by molar-refractivity contribution is -0.121. The number of hydrogen-bond acceptors (Lipinski definition) is 3. The highest BCUT2D eigenvalue weighted by Crippen LogP contribution is 2.18. The Morgan fingerprint density at radius 2 is 2.22 bits per heavy atom. The summed E-state index contributed by atoms with van der Waals surface area (Å²) >= 11 is 0. The van der Waals surface area contributed by atoms with Crippen molar-refractivity contribution < 1.29 is 9.90 Å². The number of rotatable bonds is 4. The summed E-state index contributed by atoms with van der Waals surface area (Å²) in [6.45, 7) is -0.203. The summed E-state index contributed by atoms with van der Waals surface area (Å²) in [5, 5.41) is 13.0. The van der Waals surface area contributed by atoms with Gasteiger partial charge in [0.1, 0.15) is 6.04 Å². The summed E-state index contributed by atoms with van der Waals surface area (Å²) < 4.78 is 0. The molecule has 0 saturated heterocycles. The number of nitrogens with one attached hydrogen (secondary N) is 2. The summed E-state index contributed by atoms with van der Waals surface area (Å²) in [5.41, 5.74) is 1.76. The third kappa shape index (κ3) is 2.52. The molecule has 1 atom stereocenters. The predicted molar refractivity (Wildman–Crippen MR) is 71.5 cm³/mol. The zero-order valence-corrected chi connectivity index (χ0v) is 10.5. The fourth-order valence-corrected chi connectivity index (χ4v) is 1.84. The van der Waals surface area contributed by atoms with Crippen LogP contribution in [0.4, 0.5) is 5.69 Å². The Balaban J connectivity index is 2.15. The molecule has 1 heterocycles. The van der Waals surface area contributed by atoms with E-state index in [1.807, 2.05) is 30.5 Å². The molecule has 0 bridgehead atoms. The molecule has 18 heavy (non-hydrogen) atoms. The van der Waals surface area contributed by atoms with Gasteiger partial charge in [-0.1, -0.05) is 0 Å². The van der Waals surface area contributed by atoms with E-state index in [9.17, 15) is 9.90 Å². The molecule has 0 spiro atoms. The van der Waals surface area contributed by atoms with Gasteiger partial charge in [0.2, 0.25) is 5.91 Å². The van der Waals surface area contributed by atoms with Gasteiger partial charge in [-0.05, 0) is 38.4 Å². The van der Waals surface area contributed by atoms with Gasteiger partial charge in [-0.15, -0.1) is 0 Å². The van der Waals surface area contributed by atoms with Crippen molar-refractivity contribution in [3.05, 3.63) is 30.5 Å². The van der Waals surface area contributed by atoms with E-state index in [1.165, 1.54) is 0 Å². The first kappa shape index (κ1) is 12.6. The molecule has 1 aromatic carbocycles. The minimum atomic E-state index is -0.535. The summed E-state index contributed by atoms with van der Waals surface area (Å²) in [4.78, 5) is 16.7. The Kier molecular flexibility index (Phi) is 3.64. The maximum absolute atomic E-state index is 11.9. The molecule has 5 heteroatoms. The first-order chi connectivity index (χ1) is 8.61. The van der Waals surface area contributed by atoms with Gasteiger partial charge in [-0.25, -0.2) is 0 Å². The second kappa shape index (κ2) is 5.20. The number of aromatic nitrogens is 1. The number of carbonyl (C=O) groups excluding carboxylic acids is 1. The van der Waals surface area contributed by atoms with Gasteiger partial charge in [0, 0.05) is 22.8 Å². The fourth-order valence-electron chi connectivity index (χ4n) is 1.84. The summed E-state index contributed by atoms with van der Waals surface area (Å²) in [6, 6.07) is 7.05. The first-order valence-electron chi connectivity index (χ1n) is 5.77.